The van der Waals surface area contributed by atoms with Crippen molar-refractivity contribution in [2.45, 2.75) is 30.7 Å². The summed E-state index contributed by atoms with van der Waals surface area (Å²) in [6.07, 6.45) is -5.00. The molecule has 0 spiro atoms. The Labute approximate surface area is 130 Å². The first-order valence-electron chi connectivity index (χ1n) is 6.75. The van der Waals surface area contributed by atoms with Crippen molar-refractivity contribution < 1.29 is 29.9 Å². The van der Waals surface area contributed by atoms with Crippen LogP contribution in [0.2, 0.25) is 5.02 Å². The Balaban J connectivity index is 1.84. The van der Waals surface area contributed by atoms with Crippen LogP contribution in [0.25, 0.3) is 10.9 Å². The number of hydrogen-bond donors (Lipinski definition) is 5. The van der Waals surface area contributed by atoms with E-state index in [0.29, 0.717) is 10.8 Å². The van der Waals surface area contributed by atoms with E-state index in [1.807, 2.05) is 0 Å². The molecule has 1 aliphatic rings. The van der Waals surface area contributed by atoms with E-state index in [0.717, 1.165) is 10.9 Å². The minimum atomic E-state index is -1.48. The van der Waals surface area contributed by atoms with E-state index in [-0.39, 0.29) is 0 Å². The van der Waals surface area contributed by atoms with Crippen molar-refractivity contribution >= 4 is 22.5 Å². The van der Waals surface area contributed by atoms with Gasteiger partial charge in [0.1, 0.15) is 30.2 Å². The molecular weight excluding hydrogens is 314 g/mol. The second kappa shape index (κ2) is 6.04. The number of benzene rings is 1. The minimum absolute atomic E-state index is 0.399. The van der Waals surface area contributed by atoms with Gasteiger partial charge in [0.2, 0.25) is 6.29 Å². The zero-order valence-corrected chi connectivity index (χ0v) is 12.1. The van der Waals surface area contributed by atoms with E-state index >= 15 is 0 Å². The molecule has 2 aromatic rings. The summed E-state index contributed by atoms with van der Waals surface area (Å²) in [4.78, 5) is 2.97. The van der Waals surface area contributed by atoms with Gasteiger partial charge in [-0.3, -0.25) is 0 Å². The van der Waals surface area contributed by atoms with Gasteiger partial charge in [-0.2, -0.15) is 0 Å². The van der Waals surface area contributed by atoms with E-state index in [1.54, 1.807) is 24.4 Å². The van der Waals surface area contributed by atoms with Crippen LogP contribution in [0.4, 0.5) is 0 Å². The number of aliphatic hydroxyl groups excluding tert-OH is 4. The third-order valence-corrected chi connectivity index (χ3v) is 3.93. The van der Waals surface area contributed by atoms with E-state index in [9.17, 15) is 15.3 Å². The van der Waals surface area contributed by atoms with Crippen LogP contribution in [0.15, 0.2) is 24.4 Å². The number of aliphatic hydroxyl groups is 4. The number of aromatic amines is 1. The first-order valence-corrected chi connectivity index (χ1v) is 7.13. The highest BCUT2D eigenvalue weighted by atomic mass is 35.5. The van der Waals surface area contributed by atoms with Crippen LogP contribution >= 0.6 is 11.6 Å². The van der Waals surface area contributed by atoms with Gasteiger partial charge in [-0.25, -0.2) is 0 Å². The average molecular weight is 330 g/mol. The van der Waals surface area contributed by atoms with Crippen molar-refractivity contribution in [2.24, 2.45) is 0 Å². The highest BCUT2D eigenvalue weighted by Gasteiger charge is 2.44. The number of aromatic nitrogens is 1. The van der Waals surface area contributed by atoms with Crippen molar-refractivity contribution in [3.05, 3.63) is 29.4 Å². The van der Waals surface area contributed by atoms with Gasteiger partial charge in [-0.1, -0.05) is 11.6 Å². The minimum Gasteiger partial charge on any atom is -0.460 e. The molecule has 5 atom stereocenters. The van der Waals surface area contributed by atoms with Gasteiger partial charge >= 0.3 is 0 Å². The molecule has 3 rings (SSSR count). The largest absolute Gasteiger partial charge is 0.460 e. The van der Waals surface area contributed by atoms with Crippen molar-refractivity contribution in [3.8, 4) is 5.75 Å². The zero-order chi connectivity index (χ0) is 15.9. The third kappa shape index (κ3) is 2.67. The number of halogens is 1. The topological polar surface area (TPSA) is 115 Å². The van der Waals surface area contributed by atoms with E-state index in [2.05, 4.69) is 4.98 Å². The summed E-state index contributed by atoms with van der Waals surface area (Å²) >= 11 is 5.90. The fourth-order valence-corrected chi connectivity index (χ4v) is 2.63. The van der Waals surface area contributed by atoms with Crippen molar-refractivity contribution in [2.75, 3.05) is 6.61 Å². The number of rotatable bonds is 3. The lowest BCUT2D eigenvalue weighted by atomic mass is 9.99. The van der Waals surface area contributed by atoms with Gasteiger partial charge in [-0.15, -0.1) is 0 Å². The number of nitrogens with one attached hydrogen (secondary N) is 1. The predicted molar refractivity (Wildman–Crippen MR) is 77.7 cm³/mol. The van der Waals surface area contributed by atoms with Crippen LogP contribution in [0.1, 0.15) is 0 Å². The van der Waals surface area contributed by atoms with Crippen LogP contribution in [0, 0.1) is 0 Å². The smallest absolute Gasteiger partial charge is 0.229 e. The van der Waals surface area contributed by atoms with Crippen LogP contribution in [0.5, 0.6) is 5.75 Å². The molecule has 5 N–H and O–H groups in total. The lowest BCUT2D eigenvalue weighted by Gasteiger charge is -2.39. The SMILES string of the molecule is OC[C@H]1OC(Oc2c[nH]c3cc(Cl)ccc23)[C@H](O)[C@@H](O)[C@H]1O. The lowest BCUT2D eigenvalue weighted by Crippen LogP contribution is -2.60. The standard InChI is InChI=1S/C14H16ClNO6/c15-6-1-2-7-8(3-6)16-4-9(7)21-14-13(20)12(19)11(18)10(5-17)22-14/h1-4,10-14,16-20H,5H2/t10-,11+,12+,13-,14?/m1/s1. The Hall–Kier alpha value is -1.35. The van der Waals surface area contributed by atoms with Crippen molar-refractivity contribution in [1.82, 2.24) is 4.98 Å². The zero-order valence-electron chi connectivity index (χ0n) is 11.4. The molecule has 1 aromatic heterocycles. The molecule has 0 bridgehead atoms. The number of fused-ring (bicyclic) bond motifs is 1. The first-order chi connectivity index (χ1) is 10.5. The van der Waals surface area contributed by atoms with Crippen LogP contribution < -0.4 is 4.74 Å². The molecule has 8 heteroatoms. The molecule has 120 valence electrons. The molecule has 22 heavy (non-hydrogen) atoms. The quantitative estimate of drug-likeness (QED) is 0.541. The molecule has 0 saturated carbocycles. The first kappa shape index (κ1) is 15.5. The van der Waals surface area contributed by atoms with Gasteiger partial charge < -0.3 is 34.9 Å². The molecule has 7 nitrogen and oxygen atoms in total. The molecule has 0 amide bonds. The van der Waals surface area contributed by atoms with Crippen LogP contribution in [0.3, 0.4) is 0 Å². The number of H-pyrrole nitrogens is 1. The summed E-state index contributed by atoms with van der Waals surface area (Å²) in [6.45, 7) is -0.506. The second-order valence-corrected chi connectivity index (χ2v) is 5.59. The predicted octanol–water partition coefficient (Wildman–Crippen LogP) is -0.000000000000000278. The maximum absolute atomic E-state index is 9.96. The van der Waals surface area contributed by atoms with Crippen molar-refractivity contribution in [1.29, 1.82) is 0 Å². The molecule has 1 saturated heterocycles. The molecule has 1 unspecified atom stereocenters. The normalized spacial score (nSPS) is 32.3. The van der Waals surface area contributed by atoms with Crippen molar-refractivity contribution in [3.63, 3.8) is 0 Å². The number of ether oxygens (including phenoxy) is 2. The second-order valence-electron chi connectivity index (χ2n) is 5.16. The number of hydrogen-bond acceptors (Lipinski definition) is 6. The van der Waals surface area contributed by atoms with Gasteiger partial charge in [0, 0.05) is 16.6 Å². The van der Waals surface area contributed by atoms with Gasteiger partial charge in [0.15, 0.2) is 0 Å². The Morgan fingerprint density at radius 2 is 1.95 bits per heavy atom. The summed E-state index contributed by atoms with van der Waals surface area (Å²) in [5, 5.41) is 39.9. The summed E-state index contributed by atoms with van der Waals surface area (Å²) in [7, 11) is 0. The highest BCUT2D eigenvalue weighted by molar-refractivity contribution is 6.31. The average Bonchev–Trinajstić information content (AvgIpc) is 2.90. The fourth-order valence-electron chi connectivity index (χ4n) is 2.46. The highest BCUT2D eigenvalue weighted by Crippen LogP contribution is 2.31. The van der Waals surface area contributed by atoms with E-state index < -0.39 is 37.3 Å². The Morgan fingerprint density at radius 1 is 1.18 bits per heavy atom. The summed E-state index contributed by atoms with van der Waals surface area (Å²) < 4.78 is 10.9. The summed E-state index contributed by atoms with van der Waals surface area (Å²) in [6, 6.07) is 5.16. The molecule has 0 aliphatic carbocycles. The molecule has 1 aliphatic heterocycles. The van der Waals surface area contributed by atoms with E-state index in [1.165, 1.54) is 0 Å². The maximum Gasteiger partial charge on any atom is 0.229 e. The van der Waals surface area contributed by atoms with E-state index in [4.69, 9.17) is 26.2 Å². The van der Waals surface area contributed by atoms with Gasteiger partial charge in [0.25, 0.3) is 0 Å². The molecule has 1 fully saturated rings. The van der Waals surface area contributed by atoms with Gasteiger partial charge in [-0.05, 0) is 18.2 Å². The summed E-state index contributed by atoms with van der Waals surface area (Å²) in [5.41, 5.74) is 0.743. The third-order valence-electron chi connectivity index (χ3n) is 3.70. The Kier molecular flexibility index (Phi) is 4.26. The van der Waals surface area contributed by atoms with Gasteiger partial charge in [0.05, 0.1) is 12.1 Å². The molecule has 2 heterocycles. The molecule has 1 aromatic carbocycles. The Morgan fingerprint density at radius 3 is 2.68 bits per heavy atom. The summed E-state index contributed by atoms with van der Waals surface area (Å²) in [5.74, 6) is 0.399. The Bertz CT molecular complexity index is 660. The molecular formula is C14H16ClNO6. The monoisotopic (exact) mass is 329 g/mol. The maximum atomic E-state index is 9.96. The molecule has 0 radical (unpaired) electrons. The van der Waals surface area contributed by atoms with Crippen LogP contribution in [-0.4, -0.2) is 62.7 Å². The lowest BCUT2D eigenvalue weighted by molar-refractivity contribution is -0.277. The fraction of sp³-hybridized carbons (Fsp3) is 0.429. The van der Waals surface area contributed by atoms with Crippen LogP contribution in [-0.2, 0) is 4.74 Å².